The maximum absolute atomic E-state index is 4.28. The molecule has 0 atom stereocenters. The molecule has 0 saturated heterocycles. The zero-order valence-electron chi connectivity index (χ0n) is 14.9. The van der Waals surface area contributed by atoms with E-state index in [1.54, 1.807) is 0 Å². The lowest BCUT2D eigenvalue weighted by Crippen LogP contribution is -2.31. The zero-order valence-corrected chi connectivity index (χ0v) is 14.9. The molecule has 0 bridgehead atoms. The van der Waals surface area contributed by atoms with E-state index in [2.05, 4.69) is 69.4 Å². The summed E-state index contributed by atoms with van der Waals surface area (Å²) in [5.74, 6) is 0. The predicted octanol–water partition coefficient (Wildman–Crippen LogP) is 3.04. The maximum Gasteiger partial charge on any atom is 0.0695 e. The molecule has 0 spiro atoms. The molecule has 0 aliphatic heterocycles. The normalized spacial score (nSPS) is 11.4. The molecule has 130 valence electrons. The first-order chi connectivity index (χ1) is 12.2. The SMILES string of the molecule is CN(C)CCN(Cc1cccnc1)Cc1cn[nH]c1-c1ccccc1. The summed E-state index contributed by atoms with van der Waals surface area (Å²) in [6.45, 7) is 3.73. The van der Waals surface area contributed by atoms with Crippen molar-refractivity contribution in [1.29, 1.82) is 0 Å². The number of aromatic nitrogens is 3. The lowest BCUT2D eigenvalue weighted by atomic mass is 10.1. The summed E-state index contributed by atoms with van der Waals surface area (Å²) in [4.78, 5) is 8.89. The second-order valence-corrected chi connectivity index (χ2v) is 6.51. The van der Waals surface area contributed by atoms with Crippen molar-refractivity contribution in [2.75, 3.05) is 27.2 Å². The van der Waals surface area contributed by atoms with E-state index < -0.39 is 0 Å². The monoisotopic (exact) mass is 335 g/mol. The van der Waals surface area contributed by atoms with Crippen LogP contribution in [0.15, 0.2) is 61.1 Å². The molecule has 0 aliphatic carbocycles. The number of hydrogen-bond donors (Lipinski definition) is 1. The molecular formula is C20H25N5. The van der Waals surface area contributed by atoms with Gasteiger partial charge in [0.2, 0.25) is 0 Å². The fourth-order valence-corrected chi connectivity index (χ4v) is 2.83. The van der Waals surface area contributed by atoms with Crippen LogP contribution in [0.1, 0.15) is 11.1 Å². The average Bonchev–Trinajstić information content (AvgIpc) is 3.09. The Morgan fingerprint density at radius 1 is 0.920 bits per heavy atom. The molecule has 0 radical (unpaired) electrons. The Labute approximate surface area is 149 Å². The number of nitrogens with one attached hydrogen (secondary N) is 1. The second-order valence-electron chi connectivity index (χ2n) is 6.51. The van der Waals surface area contributed by atoms with Gasteiger partial charge in [-0.2, -0.15) is 5.10 Å². The Bertz CT molecular complexity index is 752. The fraction of sp³-hybridized carbons (Fsp3) is 0.300. The van der Waals surface area contributed by atoms with Gasteiger partial charge in [0, 0.05) is 44.1 Å². The van der Waals surface area contributed by atoms with Gasteiger partial charge in [-0.25, -0.2) is 0 Å². The van der Waals surface area contributed by atoms with E-state index >= 15 is 0 Å². The van der Waals surface area contributed by atoms with Crippen molar-refractivity contribution in [1.82, 2.24) is 25.0 Å². The number of likely N-dealkylation sites (N-methyl/N-ethyl adjacent to an activating group) is 1. The minimum atomic E-state index is 0.851. The lowest BCUT2D eigenvalue weighted by Gasteiger charge is -2.24. The van der Waals surface area contributed by atoms with E-state index in [0.29, 0.717) is 0 Å². The molecule has 1 aromatic carbocycles. The number of pyridine rings is 1. The van der Waals surface area contributed by atoms with E-state index in [1.807, 2.05) is 30.7 Å². The van der Waals surface area contributed by atoms with Crippen LogP contribution in [0.4, 0.5) is 0 Å². The van der Waals surface area contributed by atoms with Crippen molar-refractivity contribution in [2.45, 2.75) is 13.1 Å². The van der Waals surface area contributed by atoms with Crippen molar-refractivity contribution < 1.29 is 0 Å². The highest BCUT2D eigenvalue weighted by atomic mass is 15.2. The van der Waals surface area contributed by atoms with Crippen LogP contribution in [0.3, 0.4) is 0 Å². The quantitative estimate of drug-likeness (QED) is 0.687. The van der Waals surface area contributed by atoms with Crippen LogP contribution >= 0.6 is 0 Å². The molecule has 5 heteroatoms. The molecule has 0 aliphatic rings. The highest BCUT2D eigenvalue weighted by Gasteiger charge is 2.13. The molecule has 5 nitrogen and oxygen atoms in total. The number of aromatic amines is 1. The van der Waals surface area contributed by atoms with Gasteiger partial charge in [-0.15, -0.1) is 0 Å². The third kappa shape index (κ3) is 4.98. The number of rotatable bonds is 8. The molecule has 0 unspecified atom stereocenters. The molecule has 1 N–H and O–H groups in total. The molecule has 2 heterocycles. The van der Waals surface area contributed by atoms with Crippen LogP contribution in [0.2, 0.25) is 0 Å². The zero-order chi connectivity index (χ0) is 17.5. The highest BCUT2D eigenvalue weighted by Crippen LogP contribution is 2.22. The van der Waals surface area contributed by atoms with E-state index in [4.69, 9.17) is 0 Å². The summed E-state index contributed by atoms with van der Waals surface area (Å²) in [5, 5.41) is 7.44. The van der Waals surface area contributed by atoms with Crippen LogP contribution in [-0.4, -0.2) is 52.2 Å². The minimum absolute atomic E-state index is 0.851. The molecule has 3 aromatic rings. The van der Waals surface area contributed by atoms with Crippen LogP contribution < -0.4 is 0 Å². The molecular weight excluding hydrogens is 310 g/mol. The van der Waals surface area contributed by atoms with Gasteiger partial charge in [0.05, 0.1) is 11.9 Å². The molecule has 0 saturated carbocycles. The van der Waals surface area contributed by atoms with Crippen molar-refractivity contribution in [3.8, 4) is 11.3 Å². The van der Waals surface area contributed by atoms with Crippen molar-refractivity contribution in [2.24, 2.45) is 0 Å². The van der Waals surface area contributed by atoms with Gasteiger partial charge < -0.3 is 4.90 Å². The summed E-state index contributed by atoms with van der Waals surface area (Å²) in [5.41, 5.74) is 4.71. The van der Waals surface area contributed by atoms with Crippen molar-refractivity contribution in [3.63, 3.8) is 0 Å². The first-order valence-corrected chi connectivity index (χ1v) is 8.56. The summed E-state index contributed by atoms with van der Waals surface area (Å²) in [6, 6.07) is 14.5. The van der Waals surface area contributed by atoms with E-state index in [0.717, 1.165) is 31.9 Å². The standard InChI is InChI=1S/C20H25N5/c1-24(2)11-12-25(15-17-7-6-10-21-13-17)16-19-14-22-23-20(19)18-8-4-3-5-9-18/h3-10,13-14H,11-12,15-16H2,1-2H3,(H,22,23). The Morgan fingerprint density at radius 2 is 1.76 bits per heavy atom. The Balaban J connectivity index is 1.77. The topological polar surface area (TPSA) is 48.1 Å². The van der Waals surface area contributed by atoms with Crippen LogP contribution in [-0.2, 0) is 13.1 Å². The second kappa shape index (κ2) is 8.55. The Morgan fingerprint density at radius 3 is 2.48 bits per heavy atom. The predicted molar refractivity (Wildman–Crippen MR) is 101 cm³/mol. The van der Waals surface area contributed by atoms with E-state index in [9.17, 15) is 0 Å². The number of benzene rings is 1. The molecule has 0 fully saturated rings. The Hall–Kier alpha value is -2.50. The number of H-pyrrole nitrogens is 1. The summed E-state index contributed by atoms with van der Waals surface area (Å²) in [7, 11) is 4.21. The van der Waals surface area contributed by atoms with Crippen molar-refractivity contribution in [3.05, 3.63) is 72.2 Å². The van der Waals surface area contributed by atoms with Gasteiger partial charge in [0.15, 0.2) is 0 Å². The van der Waals surface area contributed by atoms with E-state index in [1.165, 1.54) is 16.7 Å². The minimum Gasteiger partial charge on any atom is -0.308 e. The van der Waals surface area contributed by atoms with Crippen LogP contribution in [0.25, 0.3) is 11.3 Å². The maximum atomic E-state index is 4.28. The molecule has 0 amide bonds. The largest absolute Gasteiger partial charge is 0.308 e. The third-order valence-electron chi connectivity index (χ3n) is 4.17. The van der Waals surface area contributed by atoms with Crippen LogP contribution in [0, 0.1) is 0 Å². The number of hydrogen-bond acceptors (Lipinski definition) is 4. The van der Waals surface area contributed by atoms with Crippen molar-refractivity contribution >= 4 is 0 Å². The summed E-state index contributed by atoms with van der Waals surface area (Å²) in [6.07, 6.45) is 5.70. The summed E-state index contributed by atoms with van der Waals surface area (Å²) < 4.78 is 0. The lowest BCUT2D eigenvalue weighted by molar-refractivity contribution is 0.226. The van der Waals surface area contributed by atoms with E-state index in [-0.39, 0.29) is 0 Å². The average molecular weight is 335 g/mol. The summed E-state index contributed by atoms with van der Waals surface area (Å²) >= 11 is 0. The smallest absolute Gasteiger partial charge is 0.0695 e. The first-order valence-electron chi connectivity index (χ1n) is 8.56. The van der Waals surface area contributed by atoms with Gasteiger partial charge >= 0.3 is 0 Å². The fourth-order valence-electron chi connectivity index (χ4n) is 2.83. The van der Waals surface area contributed by atoms with Gasteiger partial charge in [0.25, 0.3) is 0 Å². The highest BCUT2D eigenvalue weighted by molar-refractivity contribution is 5.62. The first kappa shape index (κ1) is 17.3. The Kier molecular flexibility index (Phi) is 5.93. The van der Waals surface area contributed by atoms with Gasteiger partial charge in [-0.05, 0) is 31.3 Å². The number of nitrogens with zero attached hydrogens (tertiary/aromatic N) is 4. The van der Waals surface area contributed by atoms with Crippen LogP contribution in [0.5, 0.6) is 0 Å². The molecule has 2 aromatic heterocycles. The molecule has 3 rings (SSSR count). The third-order valence-corrected chi connectivity index (χ3v) is 4.17. The molecule has 25 heavy (non-hydrogen) atoms. The van der Waals surface area contributed by atoms with Gasteiger partial charge in [0.1, 0.15) is 0 Å². The van der Waals surface area contributed by atoms with Gasteiger partial charge in [-0.3, -0.25) is 15.0 Å². The van der Waals surface area contributed by atoms with Gasteiger partial charge in [-0.1, -0.05) is 36.4 Å².